The predicted molar refractivity (Wildman–Crippen MR) is 207 cm³/mol. The van der Waals surface area contributed by atoms with Gasteiger partial charge in [0, 0.05) is 30.4 Å². The summed E-state index contributed by atoms with van der Waals surface area (Å²) in [6, 6.07) is 25.6. The van der Waals surface area contributed by atoms with E-state index in [1.165, 1.54) is 0 Å². The fourth-order valence-electron chi connectivity index (χ4n) is 5.92. The third-order valence-corrected chi connectivity index (χ3v) is 9.83. The van der Waals surface area contributed by atoms with Gasteiger partial charge in [-0.1, -0.05) is 118 Å². The van der Waals surface area contributed by atoms with Crippen LogP contribution in [0, 0.1) is 0 Å². The van der Waals surface area contributed by atoms with Gasteiger partial charge in [0.25, 0.3) is 0 Å². The number of rotatable bonds is 13. The molecular formula is C40H46N4S2. The third-order valence-electron chi connectivity index (χ3n) is 7.93. The van der Waals surface area contributed by atoms with Crippen molar-refractivity contribution in [2.45, 2.75) is 36.9 Å². The highest BCUT2D eigenvalue weighted by Crippen LogP contribution is 2.49. The largest absolute Gasteiger partial charge is 0.378 e. The lowest BCUT2D eigenvalue weighted by atomic mass is 9.75. The number of thioether (sulfide) groups is 2. The first-order chi connectivity index (χ1) is 22.6. The Morgan fingerprint density at radius 3 is 2.07 bits per heavy atom. The number of hydrogen-bond acceptors (Lipinski definition) is 6. The van der Waals surface area contributed by atoms with Crippen molar-refractivity contribution in [1.82, 2.24) is 15.6 Å². The Morgan fingerprint density at radius 1 is 0.913 bits per heavy atom. The van der Waals surface area contributed by atoms with Gasteiger partial charge in [-0.05, 0) is 75.7 Å². The van der Waals surface area contributed by atoms with E-state index in [9.17, 15) is 0 Å². The fourth-order valence-corrected chi connectivity index (χ4v) is 7.26. The normalized spacial score (nSPS) is 15.1. The Hall–Kier alpha value is -3.81. The summed E-state index contributed by atoms with van der Waals surface area (Å²) in [5.41, 5.74) is 17.5. The van der Waals surface area contributed by atoms with Gasteiger partial charge in [-0.3, -0.25) is 4.98 Å². The van der Waals surface area contributed by atoms with E-state index in [0.29, 0.717) is 11.9 Å². The zero-order chi connectivity index (χ0) is 32.9. The van der Waals surface area contributed by atoms with E-state index in [0.717, 1.165) is 62.2 Å². The Kier molecular flexibility index (Phi) is 13.5. The molecule has 3 atom stereocenters. The SMILES string of the molecule is C=Cc1c(C=C)c(C(/C=C\CC2NC=CS2)CN)c(-c2ccccc2)c(-c2ccccc2)c1-c1ccc(C(NC)SC)nc1.CC. The van der Waals surface area contributed by atoms with Crippen LogP contribution in [-0.4, -0.2) is 30.2 Å². The van der Waals surface area contributed by atoms with Crippen molar-refractivity contribution in [3.05, 3.63) is 138 Å². The highest BCUT2D eigenvalue weighted by molar-refractivity contribution is 8.02. The first-order valence-electron chi connectivity index (χ1n) is 15.8. The van der Waals surface area contributed by atoms with Crippen LogP contribution in [-0.2, 0) is 0 Å². The Bertz CT molecular complexity index is 1620. The quantitative estimate of drug-likeness (QED) is 0.0993. The number of pyridine rings is 1. The molecule has 0 radical (unpaired) electrons. The van der Waals surface area contributed by atoms with Crippen LogP contribution >= 0.6 is 23.5 Å². The molecule has 3 aromatic carbocycles. The molecule has 1 aromatic heterocycles. The average Bonchev–Trinajstić information content (AvgIpc) is 3.65. The second-order valence-corrected chi connectivity index (χ2v) is 12.5. The van der Waals surface area contributed by atoms with Crippen LogP contribution in [0.1, 0.15) is 53.9 Å². The highest BCUT2D eigenvalue weighted by Gasteiger charge is 2.27. The molecule has 0 amide bonds. The Labute approximate surface area is 284 Å². The molecule has 0 saturated carbocycles. The van der Waals surface area contributed by atoms with E-state index in [-0.39, 0.29) is 11.3 Å². The molecule has 238 valence electrons. The molecule has 6 heteroatoms. The molecule has 46 heavy (non-hydrogen) atoms. The molecule has 4 nitrogen and oxygen atoms in total. The Morgan fingerprint density at radius 2 is 1.57 bits per heavy atom. The number of hydrogen-bond donors (Lipinski definition) is 3. The van der Waals surface area contributed by atoms with E-state index < -0.39 is 0 Å². The molecule has 0 fully saturated rings. The monoisotopic (exact) mass is 646 g/mol. The number of nitrogens with two attached hydrogens (primary N) is 1. The first kappa shape index (κ1) is 35.1. The number of benzene rings is 3. The van der Waals surface area contributed by atoms with Crippen LogP contribution in [0.2, 0.25) is 0 Å². The van der Waals surface area contributed by atoms with Crippen LogP contribution in [0.3, 0.4) is 0 Å². The van der Waals surface area contributed by atoms with Crippen molar-refractivity contribution >= 4 is 35.7 Å². The zero-order valence-corrected chi connectivity index (χ0v) is 29.0. The highest BCUT2D eigenvalue weighted by atomic mass is 32.2. The van der Waals surface area contributed by atoms with Crippen molar-refractivity contribution in [2.24, 2.45) is 5.73 Å². The standard InChI is InChI=1S/C38H40N4S2.C2H6/c1-5-30-31(6-2)35(29-20-21-32(42-25-29)38(40-3)43-4)37(27-16-11-8-12-17-27)36(26-14-9-7-10-15-26)34(30)28(24-39)18-13-19-33-41-22-23-44-33;1-2/h5-18,20-23,25,28,33,38,40-41H,1-2,19,24,39H2,3-4H3;1-2H3/b18-13-;. The molecule has 0 spiro atoms. The van der Waals surface area contributed by atoms with Crippen LogP contribution in [0.15, 0.2) is 116 Å². The summed E-state index contributed by atoms with van der Waals surface area (Å²) < 4.78 is 0. The van der Waals surface area contributed by atoms with E-state index >= 15 is 0 Å². The maximum atomic E-state index is 6.61. The van der Waals surface area contributed by atoms with E-state index in [1.54, 1.807) is 23.5 Å². The van der Waals surface area contributed by atoms with E-state index in [4.69, 9.17) is 10.7 Å². The molecule has 2 heterocycles. The second-order valence-electron chi connectivity index (χ2n) is 10.5. The van der Waals surface area contributed by atoms with Crippen molar-refractivity contribution in [2.75, 3.05) is 19.8 Å². The minimum atomic E-state index is -0.0359. The summed E-state index contributed by atoms with van der Waals surface area (Å²) in [5, 5.41) is 9.30. The molecule has 3 unspecified atom stereocenters. The van der Waals surface area contributed by atoms with Gasteiger partial charge in [0.2, 0.25) is 0 Å². The minimum Gasteiger partial charge on any atom is -0.378 e. The summed E-state index contributed by atoms with van der Waals surface area (Å²) in [7, 11) is 1.96. The molecule has 5 rings (SSSR count). The number of nitrogens with one attached hydrogen (secondary N) is 2. The minimum absolute atomic E-state index is 0.0359. The van der Waals surface area contributed by atoms with Crippen molar-refractivity contribution in [1.29, 1.82) is 0 Å². The summed E-state index contributed by atoms with van der Waals surface area (Å²) in [4.78, 5) is 4.93. The average molecular weight is 647 g/mol. The van der Waals surface area contributed by atoms with Gasteiger partial charge >= 0.3 is 0 Å². The zero-order valence-electron chi connectivity index (χ0n) is 27.4. The molecule has 0 bridgehead atoms. The smallest absolute Gasteiger partial charge is 0.0956 e. The second kappa shape index (κ2) is 17.8. The van der Waals surface area contributed by atoms with Crippen LogP contribution < -0.4 is 16.4 Å². The van der Waals surface area contributed by atoms with Crippen molar-refractivity contribution < 1.29 is 0 Å². The maximum Gasteiger partial charge on any atom is 0.0956 e. The van der Waals surface area contributed by atoms with Crippen molar-refractivity contribution in [3.63, 3.8) is 0 Å². The lowest BCUT2D eigenvalue weighted by Crippen LogP contribution is -2.16. The summed E-state index contributed by atoms with van der Waals surface area (Å²) in [5.74, 6) is -0.0359. The van der Waals surface area contributed by atoms with Gasteiger partial charge in [0.05, 0.1) is 16.4 Å². The van der Waals surface area contributed by atoms with E-state index in [1.807, 2.05) is 45.4 Å². The number of aromatic nitrogens is 1. The van der Waals surface area contributed by atoms with Crippen LogP contribution in [0.5, 0.6) is 0 Å². The van der Waals surface area contributed by atoms with E-state index in [2.05, 4.69) is 120 Å². The number of nitrogens with zero attached hydrogens (tertiary/aromatic N) is 1. The van der Waals surface area contributed by atoms with Gasteiger partial charge in [-0.2, -0.15) is 0 Å². The molecular weight excluding hydrogens is 601 g/mol. The molecule has 4 aromatic rings. The van der Waals surface area contributed by atoms with Gasteiger partial charge in [-0.25, -0.2) is 0 Å². The predicted octanol–water partition coefficient (Wildman–Crippen LogP) is 10.1. The molecule has 1 aliphatic rings. The fraction of sp³-hybridized carbons (Fsp3) is 0.225. The third kappa shape index (κ3) is 7.76. The van der Waals surface area contributed by atoms with Gasteiger partial charge in [-0.15, -0.1) is 23.5 Å². The molecule has 0 aliphatic carbocycles. The van der Waals surface area contributed by atoms with Crippen LogP contribution in [0.4, 0.5) is 0 Å². The van der Waals surface area contributed by atoms with Gasteiger partial charge in [0.15, 0.2) is 0 Å². The molecule has 4 N–H and O–H groups in total. The van der Waals surface area contributed by atoms with Gasteiger partial charge in [0.1, 0.15) is 0 Å². The van der Waals surface area contributed by atoms with Crippen molar-refractivity contribution in [3.8, 4) is 33.4 Å². The summed E-state index contributed by atoms with van der Waals surface area (Å²) in [6.45, 7) is 13.1. The first-order valence-corrected chi connectivity index (χ1v) is 18.1. The van der Waals surface area contributed by atoms with Gasteiger partial charge < -0.3 is 16.4 Å². The lowest BCUT2D eigenvalue weighted by molar-refractivity contribution is 0.771. The lowest BCUT2D eigenvalue weighted by Gasteiger charge is -2.28. The van der Waals surface area contributed by atoms with Crippen LogP contribution in [0.25, 0.3) is 45.5 Å². The maximum absolute atomic E-state index is 6.61. The summed E-state index contributed by atoms with van der Waals surface area (Å²) >= 11 is 3.53. The molecule has 0 saturated heterocycles. The summed E-state index contributed by atoms with van der Waals surface area (Å²) in [6.07, 6.45) is 15.5. The topological polar surface area (TPSA) is 63.0 Å². The molecule has 1 aliphatic heterocycles. The Balaban J connectivity index is 0.00000235.